The summed E-state index contributed by atoms with van der Waals surface area (Å²) in [6, 6.07) is 6.49. The molecule has 0 bridgehead atoms. The second-order valence-corrected chi connectivity index (χ2v) is 4.30. The summed E-state index contributed by atoms with van der Waals surface area (Å²) in [5.74, 6) is -0.824. The highest BCUT2D eigenvalue weighted by Gasteiger charge is 2.18. The molecule has 2 N–H and O–H groups in total. The van der Waals surface area contributed by atoms with Crippen LogP contribution in [0, 0.1) is 6.92 Å². The molecule has 0 aliphatic heterocycles. The first-order chi connectivity index (χ1) is 9.04. The zero-order valence-corrected chi connectivity index (χ0v) is 11.2. The van der Waals surface area contributed by atoms with Gasteiger partial charge >= 0.3 is 5.97 Å². The lowest BCUT2D eigenvalue weighted by molar-refractivity contribution is -0.142. The summed E-state index contributed by atoms with van der Waals surface area (Å²) in [6.45, 7) is 3.56. The molecule has 1 atom stereocenters. The van der Waals surface area contributed by atoms with E-state index >= 15 is 0 Å². The van der Waals surface area contributed by atoms with Gasteiger partial charge < -0.3 is 15.2 Å². The standard InChI is InChI=1S/C14H19NO4/c1-3-6-11(14(17)18)15-13(16)9-19-12-8-5-4-7-10(12)2/h4-5,7-8,11H,3,6,9H2,1-2H3,(H,15,16)(H,17,18). The van der Waals surface area contributed by atoms with Crippen molar-refractivity contribution in [3.05, 3.63) is 29.8 Å². The van der Waals surface area contributed by atoms with Crippen molar-refractivity contribution in [2.45, 2.75) is 32.7 Å². The van der Waals surface area contributed by atoms with Crippen LogP contribution in [0.1, 0.15) is 25.3 Å². The van der Waals surface area contributed by atoms with E-state index in [-0.39, 0.29) is 6.61 Å². The maximum atomic E-state index is 11.6. The number of rotatable bonds is 7. The Morgan fingerprint density at radius 2 is 2.05 bits per heavy atom. The lowest BCUT2D eigenvalue weighted by Crippen LogP contribution is -2.42. The fourth-order valence-electron chi connectivity index (χ4n) is 1.64. The first kappa shape index (κ1) is 15.0. The molecule has 0 radical (unpaired) electrons. The number of ether oxygens (including phenoxy) is 1. The van der Waals surface area contributed by atoms with E-state index in [1.54, 1.807) is 6.07 Å². The molecule has 1 unspecified atom stereocenters. The number of hydrogen-bond acceptors (Lipinski definition) is 3. The minimum Gasteiger partial charge on any atom is -0.484 e. The summed E-state index contributed by atoms with van der Waals surface area (Å²) in [5.41, 5.74) is 0.929. The Balaban J connectivity index is 2.47. The van der Waals surface area contributed by atoms with Gasteiger partial charge in [0, 0.05) is 0 Å². The first-order valence-electron chi connectivity index (χ1n) is 6.25. The van der Waals surface area contributed by atoms with Gasteiger partial charge in [-0.15, -0.1) is 0 Å². The summed E-state index contributed by atoms with van der Waals surface area (Å²) in [5, 5.41) is 11.4. The topological polar surface area (TPSA) is 75.6 Å². The van der Waals surface area contributed by atoms with Crippen molar-refractivity contribution in [2.75, 3.05) is 6.61 Å². The van der Waals surface area contributed by atoms with Crippen LogP contribution in [-0.4, -0.2) is 29.6 Å². The summed E-state index contributed by atoms with van der Waals surface area (Å²) >= 11 is 0. The van der Waals surface area contributed by atoms with Crippen LogP contribution in [0.4, 0.5) is 0 Å². The third-order valence-corrected chi connectivity index (χ3v) is 2.66. The summed E-state index contributed by atoms with van der Waals surface area (Å²) in [7, 11) is 0. The molecule has 1 aromatic carbocycles. The SMILES string of the molecule is CCCC(NC(=O)COc1ccccc1C)C(=O)O. The summed E-state index contributed by atoms with van der Waals surface area (Å²) in [4.78, 5) is 22.5. The van der Waals surface area contributed by atoms with Crippen molar-refractivity contribution in [2.24, 2.45) is 0 Å². The van der Waals surface area contributed by atoms with Crippen molar-refractivity contribution >= 4 is 11.9 Å². The number of carboxylic acids is 1. The molecule has 1 rings (SSSR count). The second-order valence-electron chi connectivity index (χ2n) is 4.30. The Morgan fingerprint density at radius 1 is 1.37 bits per heavy atom. The van der Waals surface area contributed by atoms with Crippen molar-refractivity contribution in [3.63, 3.8) is 0 Å². The van der Waals surface area contributed by atoms with E-state index in [2.05, 4.69) is 5.32 Å². The van der Waals surface area contributed by atoms with Crippen LogP contribution >= 0.6 is 0 Å². The summed E-state index contributed by atoms with van der Waals surface area (Å²) in [6.07, 6.45) is 1.10. The van der Waals surface area contributed by atoms with Gasteiger partial charge in [-0.1, -0.05) is 31.5 Å². The Hall–Kier alpha value is -2.04. The number of carboxylic acid groups (broad SMARTS) is 1. The largest absolute Gasteiger partial charge is 0.484 e. The molecular formula is C14H19NO4. The summed E-state index contributed by atoms with van der Waals surface area (Å²) < 4.78 is 5.35. The Bertz CT molecular complexity index is 445. The number of para-hydroxylation sites is 1. The molecule has 5 nitrogen and oxygen atoms in total. The highest BCUT2D eigenvalue weighted by Crippen LogP contribution is 2.15. The molecule has 5 heteroatoms. The molecule has 0 aliphatic carbocycles. The van der Waals surface area contributed by atoms with Gasteiger partial charge in [0.25, 0.3) is 5.91 Å². The number of amides is 1. The molecule has 0 spiro atoms. The van der Waals surface area contributed by atoms with Gasteiger partial charge in [-0.05, 0) is 25.0 Å². The molecule has 0 fully saturated rings. The van der Waals surface area contributed by atoms with Gasteiger partial charge in [0.2, 0.25) is 0 Å². The quantitative estimate of drug-likeness (QED) is 0.787. The van der Waals surface area contributed by atoms with Crippen LogP contribution < -0.4 is 10.1 Å². The average molecular weight is 265 g/mol. The van der Waals surface area contributed by atoms with E-state index in [1.807, 2.05) is 32.0 Å². The number of aryl methyl sites for hydroxylation is 1. The number of carbonyl (C=O) groups is 2. The number of hydrogen-bond donors (Lipinski definition) is 2. The molecule has 1 amide bonds. The number of carbonyl (C=O) groups excluding carboxylic acids is 1. The monoisotopic (exact) mass is 265 g/mol. The van der Waals surface area contributed by atoms with E-state index in [0.717, 1.165) is 5.56 Å². The van der Waals surface area contributed by atoms with Crippen LogP contribution in [0.2, 0.25) is 0 Å². The van der Waals surface area contributed by atoms with Gasteiger partial charge in [-0.2, -0.15) is 0 Å². The predicted octanol–water partition coefficient (Wildman–Crippen LogP) is 1.74. The fraction of sp³-hybridized carbons (Fsp3) is 0.429. The third kappa shape index (κ3) is 4.99. The smallest absolute Gasteiger partial charge is 0.326 e. The molecule has 0 saturated carbocycles. The van der Waals surface area contributed by atoms with E-state index in [0.29, 0.717) is 18.6 Å². The van der Waals surface area contributed by atoms with Gasteiger partial charge in [0.1, 0.15) is 11.8 Å². The molecule has 0 aromatic heterocycles. The van der Waals surface area contributed by atoms with Crippen LogP contribution in [0.5, 0.6) is 5.75 Å². The van der Waals surface area contributed by atoms with Crippen molar-refractivity contribution < 1.29 is 19.4 Å². The van der Waals surface area contributed by atoms with E-state index in [9.17, 15) is 9.59 Å². The number of benzene rings is 1. The minimum atomic E-state index is -1.02. The number of aliphatic carboxylic acids is 1. The van der Waals surface area contributed by atoms with Crippen LogP contribution in [0.25, 0.3) is 0 Å². The zero-order chi connectivity index (χ0) is 14.3. The van der Waals surface area contributed by atoms with Gasteiger partial charge in [0.15, 0.2) is 6.61 Å². The van der Waals surface area contributed by atoms with Crippen molar-refractivity contribution in [3.8, 4) is 5.75 Å². The van der Waals surface area contributed by atoms with E-state index < -0.39 is 17.9 Å². The number of nitrogens with one attached hydrogen (secondary N) is 1. The van der Waals surface area contributed by atoms with Gasteiger partial charge in [-0.25, -0.2) is 4.79 Å². The zero-order valence-electron chi connectivity index (χ0n) is 11.2. The van der Waals surface area contributed by atoms with Crippen LogP contribution in [-0.2, 0) is 9.59 Å². The van der Waals surface area contributed by atoms with Gasteiger partial charge in [0.05, 0.1) is 0 Å². The Morgan fingerprint density at radius 3 is 2.63 bits per heavy atom. The van der Waals surface area contributed by atoms with Crippen molar-refractivity contribution in [1.82, 2.24) is 5.32 Å². The molecule has 0 saturated heterocycles. The molecule has 1 aromatic rings. The first-order valence-corrected chi connectivity index (χ1v) is 6.25. The fourth-order valence-corrected chi connectivity index (χ4v) is 1.64. The Labute approximate surface area is 112 Å². The average Bonchev–Trinajstić information content (AvgIpc) is 2.37. The highest BCUT2D eigenvalue weighted by atomic mass is 16.5. The van der Waals surface area contributed by atoms with Crippen molar-refractivity contribution in [1.29, 1.82) is 0 Å². The van der Waals surface area contributed by atoms with Gasteiger partial charge in [-0.3, -0.25) is 4.79 Å². The predicted molar refractivity (Wildman–Crippen MR) is 71.1 cm³/mol. The third-order valence-electron chi connectivity index (χ3n) is 2.66. The Kier molecular flexibility index (Phi) is 5.85. The van der Waals surface area contributed by atoms with Crippen LogP contribution in [0.15, 0.2) is 24.3 Å². The maximum absolute atomic E-state index is 11.6. The molecule has 0 heterocycles. The molecule has 19 heavy (non-hydrogen) atoms. The highest BCUT2D eigenvalue weighted by molar-refractivity contribution is 5.84. The molecular weight excluding hydrogens is 246 g/mol. The molecule has 0 aliphatic rings. The lowest BCUT2D eigenvalue weighted by atomic mass is 10.2. The maximum Gasteiger partial charge on any atom is 0.326 e. The molecule has 104 valence electrons. The lowest BCUT2D eigenvalue weighted by Gasteiger charge is -2.14. The van der Waals surface area contributed by atoms with E-state index in [1.165, 1.54) is 0 Å². The van der Waals surface area contributed by atoms with Crippen LogP contribution in [0.3, 0.4) is 0 Å². The normalized spacial score (nSPS) is 11.7. The second kappa shape index (κ2) is 7.41. The van der Waals surface area contributed by atoms with E-state index in [4.69, 9.17) is 9.84 Å². The minimum absolute atomic E-state index is 0.182.